The van der Waals surface area contributed by atoms with Gasteiger partial charge in [-0.15, -0.1) is 0 Å². The second kappa shape index (κ2) is 6.62. The molecule has 0 amide bonds. The molecule has 1 aliphatic heterocycles. The molecule has 1 aliphatic rings. The van der Waals surface area contributed by atoms with E-state index in [1.54, 1.807) is 0 Å². The van der Waals surface area contributed by atoms with E-state index in [1.807, 2.05) is 60.7 Å². The molecule has 2 aromatic rings. The van der Waals surface area contributed by atoms with E-state index in [9.17, 15) is 4.79 Å². The average Bonchev–Trinajstić information content (AvgIpc) is 2.62. The molecule has 22 heavy (non-hydrogen) atoms. The Kier molecular flexibility index (Phi) is 4.39. The molecule has 1 fully saturated rings. The van der Waals surface area contributed by atoms with Crippen LogP contribution in [0, 0.1) is 0 Å². The fraction of sp³-hybridized carbons (Fsp3) is 0.278. The van der Waals surface area contributed by atoms with Gasteiger partial charge in [-0.1, -0.05) is 48.5 Å². The van der Waals surface area contributed by atoms with Crippen molar-refractivity contribution in [3.8, 4) is 0 Å². The molecule has 0 radical (unpaired) electrons. The minimum atomic E-state index is -0.483. The van der Waals surface area contributed by atoms with Crippen molar-refractivity contribution in [1.29, 1.82) is 0 Å². The molecule has 2 aromatic carbocycles. The van der Waals surface area contributed by atoms with Crippen molar-refractivity contribution >= 4 is 11.7 Å². The van der Waals surface area contributed by atoms with Gasteiger partial charge >= 0.3 is 5.97 Å². The van der Waals surface area contributed by atoms with Gasteiger partial charge in [0.2, 0.25) is 0 Å². The van der Waals surface area contributed by atoms with Crippen LogP contribution < -0.4 is 4.90 Å². The maximum atomic E-state index is 12.4. The van der Waals surface area contributed by atoms with Gasteiger partial charge < -0.3 is 14.4 Å². The molecule has 0 spiro atoms. The van der Waals surface area contributed by atoms with Crippen molar-refractivity contribution in [3.05, 3.63) is 66.2 Å². The number of carbonyl (C=O) groups is 1. The molecule has 0 aliphatic carbocycles. The minimum absolute atomic E-state index is 0.280. The lowest BCUT2D eigenvalue weighted by Gasteiger charge is -2.41. The van der Waals surface area contributed by atoms with Gasteiger partial charge in [-0.25, -0.2) is 4.79 Å². The van der Waals surface area contributed by atoms with Crippen molar-refractivity contribution in [1.82, 2.24) is 0 Å². The summed E-state index contributed by atoms with van der Waals surface area (Å²) in [6.07, 6.45) is -0.331. The zero-order valence-electron chi connectivity index (χ0n) is 12.5. The molecule has 0 saturated carbocycles. The van der Waals surface area contributed by atoms with Crippen LogP contribution in [-0.2, 0) is 14.3 Å². The normalized spacial score (nSPS) is 21.4. The highest BCUT2D eigenvalue weighted by atomic mass is 16.5. The number of carbonyl (C=O) groups excluding carboxylic acids is 1. The fourth-order valence-electron chi connectivity index (χ4n) is 2.87. The molecule has 0 aromatic heterocycles. The van der Waals surface area contributed by atoms with E-state index in [2.05, 4.69) is 4.90 Å². The monoisotopic (exact) mass is 297 g/mol. The van der Waals surface area contributed by atoms with E-state index >= 15 is 0 Å². The predicted octanol–water partition coefficient (Wildman–Crippen LogP) is 2.81. The smallest absolute Gasteiger partial charge is 0.331 e. The molecule has 2 atom stereocenters. The number of anilines is 1. The Bertz CT molecular complexity index is 567. The average molecular weight is 297 g/mol. The third-order valence-corrected chi connectivity index (χ3v) is 3.91. The number of nitrogens with zero attached hydrogens (tertiary/aromatic N) is 1. The van der Waals surface area contributed by atoms with Gasteiger partial charge in [0.1, 0.15) is 6.10 Å². The van der Waals surface area contributed by atoms with E-state index in [4.69, 9.17) is 9.47 Å². The van der Waals surface area contributed by atoms with Crippen molar-refractivity contribution in [3.63, 3.8) is 0 Å². The molecule has 1 heterocycles. The highest BCUT2D eigenvalue weighted by molar-refractivity contribution is 5.81. The second-order valence-corrected chi connectivity index (χ2v) is 5.20. The van der Waals surface area contributed by atoms with Gasteiger partial charge in [-0.3, -0.25) is 0 Å². The second-order valence-electron chi connectivity index (χ2n) is 5.20. The third kappa shape index (κ3) is 2.83. The Balaban J connectivity index is 1.98. The quantitative estimate of drug-likeness (QED) is 0.817. The van der Waals surface area contributed by atoms with Gasteiger partial charge in [0.25, 0.3) is 0 Å². The molecule has 4 nitrogen and oxygen atoms in total. The molecule has 4 heteroatoms. The summed E-state index contributed by atoms with van der Waals surface area (Å²) in [5, 5.41) is 0. The van der Waals surface area contributed by atoms with E-state index in [0.717, 1.165) is 11.3 Å². The number of ether oxygens (including phenoxy) is 2. The number of benzene rings is 2. The number of para-hydroxylation sites is 1. The van der Waals surface area contributed by atoms with Crippen LogP contribution in [0.3, 0.4) is 0 Å². The van der Waals surface area contributed by atoms with Crippen LogP contribution >= 0.6 is 0 Å². The van der Waals surface area contributed by atoms with Crippen molar-refractivity contribution in [2.45, 2.75) is 12.1 Å². The van der Waals surface area contributed by atoms with Crippen LogP contribution in [0.25, 0.3) is 0 Å². The summed E-state index contributed by atoms with van der Waals surface area (Å²) in [5.74, 6) is -0.280. The first-order valence-corrected chi connectivity index (χ1v) is 7.37. The highest BCUT2D eigenvalue weighted by Crippen LogP contribution is 2.32. The van der Waals surface area contributed by atoms with E-state index in [0.29, 0.717) is 13.2 Å². The van der Waals surface area contributed by atoms with Crippen LogP contribution in [0.2, 0.25) is 0 Å². The van der Waals surface area contributed by atoms with Crippen molar-refractivity contribution in [2.75, 3.05) is 25.2 Å². The minimum Gasteiger partial charge on any atom is -0.467 e. The van der Waals surface area contributed by atoms with Crippen LogP contribution in [0.15, 0.2) is 60.7 Å². The summed E-state index contributed by atoms with van der Waals surface area (Å²) in [5.41, 5.74) is 1.99. The number of rotatable bonds is 3. The fourth-order valence-corrected chi connectivity index (χ4v) is 2.87. The van der Waals surface area contributed by atoms with Crippen LogP contribution in [0.1, 0.15) is 11.7 Å². The first kappa shape index (κ1) is 14.6. The Morgan fingerprint density at radius 2 is 1.73 bits per heavy atom. The third-order valence-electron chi connectivity index (χ3n) is 3.91. The molecule has 0 bridgehead atoms. The molecular formula is C18H19NO3. The Labute approximate surface area is 130 Å². The van der Waals surface area contributed by atoms with E-state index < -0.39 is 6.04 Å². The van der Waals surface area contributed by atoms with Gasteiger partial charge in [0.15, 0.2) is 6.04 Å². The van der Waals surface area contributed by atoms with Gasteiger partial charge in [0, 0.05) is 12.2 Å². The summed E-state index contributed by atoms with van der Waals surface area (Å²) in [6, 6.07) is 19.2. The molecule has 114 valence electrons. The zero-order valence-corrected chi connectivity index (χ0v) is 12.5. The standard InChI is InChI=1S/C18H19NO3/c1-21-18(20)16-17(14-8-4-2-5-9-14)22-13-12-19(16)15-10-6-3-7-11-15/h2-11,16-17H,12-13H2,1H3/t16-,17+/m1/s1. The number of esters is 1. The predicted molar refractivity (Wildman–Crippen MR) is 84.7 cm³/mol. The molecule has 0 unspecified atom stereocenters. The molecule has 3 rings (SSSR count). The summed E-state index contributed by atoms with van der Waals surface area (Å²) in [4.78, 5) is 14.5. The number of hydrogen-bond donors (Lipinski definition) is 0. The van der Waals surface area contributed by atoms with Gasteiger partial charge in [-0.2, -0.15) is 0 Å². The maximum absolute atomic E-state index is 12.4. The number of hydrogen-bond acceptors (Lipinski definition) is 4. The summed E-state index contributed by atoms with van der Waals surface area (Å²) in [7, 11) is 1.42. The number of methoxy groups -OCH3 is 1. The number of morpholine rings is 1. The molecule has 0 N–H and O–H groups in total. The topological polar surface area (TPSA) is 38.8 Å². The van der Waals surface area contributed by atoms with Crippen molar-refractivity contribution < 1.29 is 14.3 Å². The summed E-state index contributed by atoms with van der Waals surface area (Å²) >= 11 is 0. The largest absolute Gasteiger partial charge is 0.467 e. The SMILES string of the molecule is COC(=O)[C@H]1[C@H](c2ccccc2)OCCN1c1ccccc1. The lowest BCUT2D eigenvalue weighted by Crippen LogP contribution is -2.52. The van der Waals surface area contributed by atoms with E-state index in [-0.39, 0.29) is 12.1 Å². The first-order valence-electron chi connectivity index (χ1n) is 7.37. The molecular weight excluding hydrogens is 278 g/mol. The first-order chi connectivity index (χ1) is 10.8. The lowest BCUT2D eigenvalue weighted by molar-refractivity contribution is -0.148. The summed E-state index contributed by atoms with van der Waals surface area (Å²) in [6.45, 7) is 1.23. The van der Waals surface area contributed by atoms with Crippen molar-refractivity contribution in [2.24, 2.45) is 0 Å². The lowest BCUT2D eigenvalue weighted by atomic mass is 9.98. The zero-order chi connectivity index (χ0) is 15.4. The van der Waals surface area contributed by atoms with Crippen LogP contribution in [0.5, 0.6) is 0 Å². The van der Waals surface area contributed by atoms with Gasteiger partial charge in [0.05, 0.1) is 13.7 Å². The summed E-state index contributed by atoms with van der Waals surface area (Å²) < 4.78 is 10.9. The van der Waals surface area contributed by atoms with E-state index in [1.165, 1.54) is 7.11 Å². The Hall–Kier alpha value is -2.33. The Morgan fingerprint density at radius 3 is 2.36 bits per heavy atom. The van der Waals surface area contributed by atoms with Gasteiger partial charge in [-0.05, 0) is 17.7 Å². The van der Waals surface area contributed by atoms with Crippen LogP contribution in [-0.4, -0.2) is 32.3 Å². The van der Waals surface area contributed by atoms with Crippen LogP contribution in [0.4, 0.5) is 5.69 Å². The Morgan fingerprint density at radius 1 is 1.09 bits per heavy atom. The molecule has 1 saturated heterocycles. The highest BCUT2D eigenvalue weighted by Gasteiger charge is 2.39. The maximum Gasteiger partial charge on any atom is 0.331 e.